The summed E-state index contributed by atoms with van der Waals surface area (Å²) in [4.78, 5) is 16.5. The fourth-order valence-electron chi connectivity index (χ4n) is 5.54. The smallest absolute Gasteiger partial charge is 0.211 e. The van der Waals surface area contributed by atoms with Crippen LogP contribution in [0.2, 0.25) is 24.2 Å². The van der Waals surface area contributed by atoms with Crippen LogP contribution in [0.4, 0.5) is 5.95 Å². The van der Waals surface area contributed by atoms with E-state index in [2.05, 4.69) is 93.5 Å². The lowest BCUT2D eigenvalue weighted by atomic mass is 9.73. The van der Waals surface area contributed by atoms with Crippen LogP contribution < -0.4 is 10.6 Å². The Hall–Kier alpha value is -1.81. The van der Waals surface area contributed by atoms with Crippen LogP contribution in [0.5, 0.6) is 0 Å². The molecule has 1 aliphatic carbocycles. The fraction of sp³-hybridized carbons (Fsp3) is 0.593. The van der Waals surface area contributed by atoms with Crippen LogP contribution in [0.15, 0.2) is 35.1 Å². The normalized spacial score (nSPS) is 19.9. The Balaban J connectivity index is 1.33. The second-order valence-corrected chi connectivity index (χ2v) is 18.9. The molecule has 2 N–H and O–H groups in total. The summed E-state index contributed by atoms with van der Waals surface area (Å²) in [7, 11) is -1.39. The van der Waals surface area contributed by atoms with Crippen molar-refractivity contribution in [3.05, 3.63) is 46.2 Å². The van der Waals surface area contributed by atoms with Gasteiger partial charge in [-0.25, -0.2) is 9.97 Å². The minimum absolute atomic E-state index is 0.104. The highest BCUT2D eigenvalue weighted by atomic mass is 79.9. The first-order chi connectivity index (χ1) is 17.0. The van der Waals surface area contributed by atoms with E-state index in [0.29, 0.717) is 22.0 Å². The summed E-state index contributed by atoms with van der Waals surface area (Å²) in [6.45, 7) is 15.0. The van der Waals surface area contributed by atoms with Crippen molar-refractivity contribution in [2.75, 3.05) is 24.6 Å². The van der Waals surface area contributed by atoms with Crippen molar-refractivity contribution in [3.8, 4) is 0 Å². The van der Waals surface area contributed by atoms with Gasteiger partial charge in [0, 0.05) is 25.7 Å². The number of ether oxygens (including phenoxy) is 1. The molecule has 5 rings (SSSR count). The average molecular weight is 572 g/mol. The minimum Gasteiger partial charge on any atom is -0.361 e. The Morgan fingerprint density at radius 1 is 1.17 bits per heavy atom. The van der Waals surface area contributed by atoms with Gasteiger partial charge in [0.15, 0.2) is 5.65 Å². The van der Waals surface area contributed by atoms with Gasteiger partial charge in [0.2, 0.25) is 11.6 Å². The van der Waals surface area contributed by atoms with Crippen LogP contribution in [-0.4, -0.2) is 47.3 Å². The van der Waals surface area contributed by atoms with E-state index in [1.807, 2.05) is 0 Å². The minimum atomic E-state index is -1.39. The molecule has 3 heterocycles. The topological polar surface area (TPSA) is 82.1 Å². The molecule has 1 aliphatic heterocycles. The summed E-state index contributed by atoms with van der Waals surface area (Å²) >= 11 is 3.45. The van der Waals surface area contributed by atoms with Gasteiger partial charge < -0.3 is 15.4 Å². The fourth-order valence-corrected chi connectivity index (χ4v) is 7.22. The van der Waals surface area contributed by atoms with E-state index in [0.717, 1.165) is 56.6 Å². The van der Waals surface area contributed by atoms with Gasteiger partial charge in [0.25, 0.3) is 0 Å². The zero-order chi connectivity index (χ0) is 25.7. The molecule has 2 aromatic heterocycles. The van der Waals surface area contributed by atoms with Crippen LogP contribution in [0.3, 0.4) is 0 Å². The second-order valence-electron chi connectivity index (χ2n) is 12.3. The molecule has 0 amide bonds. The maximum atomic E-state index is 6.81. The van der Waals surface area contributed by atoms with Crippen LogP contribution in [-0.2, 0) is 17.9 Å². The van der Waals surface area contributed by atoms with Crippen molar-refractivity contribution in [1.82, 2.24) is 19.5 Å². The lowest BCUT2D eigenvalue weighted by molar-refractivity contribution is 0.0892. The molecule has 1 spiro atoms. The molecule has 194 valence electrons. The zero-order valence-corrected chi connectivity index (χ0v) is 24.8. The summed E-state index contributed by atoms with van der Waals surface area (Å²) in [5, 5.41) is 0.353. The Morgan fingerprint density at radius 2 is 1.89 bits per heavy atom. The predicted molar refractivity (Wildman–Crippen MR) is 152 cm³/mol. The van der Waals surface area contributed by atoms with Crippen molar-refractivity contribution in [1.29, 1.82) is 0 Å². The van der Waals surface area contributed by atoms with Gasteiger partial charge in [-0.15, -0.1) is 0 Å². The highest BCUT2D eigenvalue weighted by Gasteiger charge is 2.46. The molecule has 9 heteroatoms. The third-order valence-electron chi connectivity index (χ3n) is 9.17. The van der Waals surface area contributed by atoms with Gasteiger partial charge in [-0.2, -0.15) is 4.98 Å². The molecule has 1 saturated heterocycles. The van der Waals surface area contributed by atoms with Crippen LogP contribution in [0.1, 0.15) is 50.8 Å². The first-order valence-corrected chi connectivity index (χ1v) is 17.1. The summed E-state index contributed by atoms with van der Waals surface area (Å²) in [5.74, 6) is 0.898. The molecule has 1 aromatic carbocycles. The van der Waals surface area contributed by atoms with Crippen molar-refractivity contribution in [2.45, 2.75) is 77.0 Å². The van der Waals surface area contributed by atoms with E-state index in [1.54, 1.807) is 6.20 Å². The van der Waals surface area contributed by atoms with Crippen molar-refractivity contribution in [3.63, 3.8) is 0 Å². The van der Waals surface area contributed by atoms with Gasteiger partial charge in [-0.3, -0.25) is 4.57 Å². The Morgan fingerprint density at radius 3 is 2.58 bits per heavy atom. The quantitative estimate of drug-likeness (QED) is 0.293. The molecule has 0 saturated carbocycles. The molecule has 7 nitrogen and oxygen atoms in total. The maximum Gasteiger partial charge on any atom is 0.211 e. The third-order valence-corrected chi connectivity index (χ3v) is 15.1. The number of nitrogens with zero attached hydrogens (tertiary/aromatic N) is 5. The van der Waals surface area contributed by atoms with Crippen molar-refractivity contribution >= 4 is 41.2 Å². The van der Waals surface area contributed by atoms with Crippen molar-refractivity contribution < 1.29 is 4.74 Å². The highest BCUT2D eigenvalue weighted by molar-refractivity contribution is 9.10. The van der Waals surface area contributed by atoms with Crippen LogP contribution in [0, 0.1) is 5.41 Å². The Kier molecular flexibility index (Phi) is 6.81. The van der Waals surface area contributed by atoms with E-state index in [-0.39, 0.29) is 11.5 Å². The number of hydrogen-bond acceptors (Lipinski definition) is 6. The summed E-state index contributed by atoms with van der Waals surface area (Å²) < 4.78 is 9.05. The number of benzene rings is 1. The van der Waals surface area contributed by atoms with E-state index < -0.39 is 8.07 Å². The molecule has 2 aliphatic rings. The predicted octanol–water partition coefficient (Wildman–Crippen LogP) is 5.91. The zero-order valence-electron chi connectivity index (χ0n) is 22.2. The summed E-state index contributed by atoms with van der Waals surface area (Å²) in [5.41, 5.74) is 11.1. The lowest BCUT2D eigenvalue weighted by Gasteiger charge is -2.42. The third kappa shape index (κ3) is 4.63. The molecule has 1 atom stereocenters. The summed E-state index contributed by atoms with van der Waals surface area (Å²) in [6, 6.07) is 9.92. The number of halogens is 1. The van der Waals surface area contributed by atoms with Crippen LogP contribution >= 0.6 is 15.9 Å². The van der Waals surface area contributed by atoms with E-state index in [4.69, 9.17) is 15.5 Å². The summed E-state index contributed by atoms with van der Waals surface area (Å²) in [6.07, 6.45) is 4.90. The molecule has 36 heavy (non-hydrogen) atoms. The molecular weight excluding hydrogens is 532 g/mol. The van der Waals surface area contributed by atoms with E-state index >= 15 is 0 Å². The monoisotopic (exact) mass is 570 g/mol. The lowest BCUT2D eigenvalue weighted by Crippen LogP contribution is -2.45. The number of imidazole rings is 1. The van der Waals surface area contributed by atoms with Gasteiger partial charge >= 0.3 is 0 Å². The SMILES string of the molecule is CC(C)(C)[Si](C)(C)CCOCn1c(N2CCC3(CC2)Cc2ccccc2[C@H]3N)nc2nc(Br)cnc21. The van der Waals surface area contributed by atoms with Gasteiger partial charge in [0.1, 0.15) is 11.3 Å². The van der Waals surface area contributed by atoms with Gasteiger partial charge in [-0.1, -0.05) is 58.1 Å². The number of anilines is 1. The molecule has 1 fully saturated rings. The average Bonchev–Trinajstić information content (AvgIpc) is 3.31. The molecular formula is C27H39BrN6OSi. The number of aromatic nitrogens is 4. The number of fused-ring (bicyclic) bond motifs is 2. The first kappa shape index (κ1) is 25.8. The standard InChI is InChI=1S/C27H39BrN6OSi/c1-26(2,3)36(4,5)15-14-35-18-34-24-23(31-21(28)17-30-24)32-25(34)33-12-10-27(11-13-33)16-19-8-6-7-9-20(19)22(27)29/h6-9,17,22H,10-16,18,29H2,1-5H3/t22-/m1/s1. The van der Waals surface area contributed by atoms with E-state index in [1.165, 1.54) is 11.1 Å². The second kappa shape index (κ2) is 9.49. The Labute approximate surface area is 224 Å². The maximum absolute atomic E-state index is 6.81. The van der Waals surface area contributed by atoms with Crippen LogP contribution in [0.25, 0.3) is 11.3 Å². The Bertz CT molecular complexity index is 1240. The van der Waals surface area contributed by atoms with Crippen molar-refractivity contribution in [2.24, 2.45) is 11.1 Å². The molecule has 0 radical (unpaired) electrons. The molecule has 0 bridgehead atoms. The number of hydrogen-bond donors (Lipinski definition) is 1. The number of nitrogens with two attached hydrogens (primary N) is 1. The highest BCUT2D eigenvalue weighted by Crippen LogP contribution is 2.51. The molecule has 3 aromatic rings. The number of piperidine rings is 1. The van der Waals surface area contributed by atoms with Gasteiger partial charge in [-0.05, 0) is 62.8 Å². The molecule has 0 unspecified atom stereocenters. The largest absolute Gasteiger partial charge is 0.361 e. The van der Waals surface area contributed by atoms with Gasteiger partial charge in [0.05, 0.1) is 14.3 Å². The number of rotatable bonds is 6. The first-order valence-electron chi connectivity index (χ1n) is 13.1. The van der Waals surface area contributed by atoms with E-state index in [9.17, 15) is 0 Å².